The maximum Gasteiger partial charge on any atom is 0.243 e. The first kappa shape index (κ1) is 28.3. The molecule has 3 aliphatic heterocycles. The second kappa shape index (κ2) is 13.4. The van der Waals surface area contributed by atoms with Crippen LogP contribution in [0.5, 0.6) is 0 Å². The molecule has 8 heteroatoms. The van der Waals surface area contributed by atoms with E-state index >= 15 is 0 Å². The molecular weight excluding hydrogens is 480 g/mol. The zero-order valence-electron chi connectivity index (χ0n) is 23.0. The maximum absolute atomic E-state index is 13.7. The normalized spacial score (nSPS) is 27.3. The number of carbonyl (C=O) groups excluding carboxylic acids is 3. The average Bonchev–Trinajstić information content (AvgIpc) is 2.93. The van der Waals surface area contributed by atoms with E-state index in [1.807, 2.05) is 49.1 Å². The summed E-state index contributed by atoms with van der Waals surface area (Å²) in [4.78, 5) is 44.2. The van der Waals surface area contributed by atoms with E-state index in [1.54, 1.807) is 0 Å². The quantitative estimate of drug-likeness (QED) is 0.558. The Morgan fingerprint density at radius 3 is 2.53 bits per heavy atom. The number of hydrogen-bond acceptors (Lipinski definition) is 5. The lowest BCUT2D eigenvalue weighted by molar-refractivity contribution is -0.140. The molecule has 8 nitrogen and oxygen atoms in total. The number of allylic oxidation sites excluding steroid dienone is 2. The van der Waals surface area contributed by atoms with E-state index in [2.05, 4.69) is 27.7 Å². The highest BCUT2D eigenvalue weighted by Gasteiger charge is 2.41. The Kier molecular flexibility index (Phi) is 9.97. The van der Waals surface area contributed by atoms with Crippen LogP contribution in [0.15, 0.2) is 42.5 Å². The van der Waals surface area contributed by atoms with Crippen LogP contribution in [0.3, 0.4) is 0 Å². The molecule has 2 N–H and O–H groups in total. The zero-order valence-corrected chi connectivity index (χ0v) is 23.0. The third-order valence-corrected chi connectivity index (χ3v) is 8.57. The summed E-state index contributed by atoms with van der Waals surface area (Å²) in [7, 11) is 0. The monoisotopic (exact) mass is 524 g/mol. The van der Waals surface area contributed by atoms with Gasteiger partial charge in [-0.25, -0.2) is 0 Å². The van der Waals surface area contributed by atoms with Gasteiger partial charge in [0, 0.05) is 51.9 Å². The Hall–Kier alpha value is -2.71. The number of hydrogen-bond donors (Lipinski definition) is 2. The molecule has 0 unspecified atom stereocenters. The van der Waals surface area contributed by atoms with Crippen molar-refractivity contribution in [3.05, 3.63) is 48.0 Å². The molecule has 0 bridgehead atoms. The Labute approximate surface area is 227 Å². The molecule has 2 saturated heterocycles. The van der Waals surface area contributed by atoms with Crippen LogP contribution < -0.4 is 10.6 Å². The van der Waals surface area contributed by atoms with Crippen LogP contribution in [0, 0.1) is 11.3 Å². The van der Waals surface area contributed by atoms with Crippen LogP contribution in [0.1, 0.15) is 51.5 Å². The van der Waals surface area contributed by atoms with Gasteiger partial charge in [-0.15, -0.1) is 0 Å². The number of piperidine rings is 1. The minimum absolute atomic E-state index is 0.00130. The molecule has 208 valence electrons. The highest BCUT2D eigenvalue weighted by Crippen LogP contribution is 2.36. The van der Waals surface area contributed by atoms with Gasteiger partial charge in [0.25, 0.3) is 0 Å². The Morgan fingerprint density at radius 1 is 1.08 bits per heavy atom. The number of rotatable bonds is 6. The average molecular weight is 525 g/mol. The molecule has 4 rings (SSSR count). The standard InChI is InChI=1S/C30H44N4O4/c1-3-34(4-2)27(35)22-33-17-13-25-24(21-33)12-8-9-14-30(15-18-38-19-16-30)29(37)32-26(28(36)31-25)20-23-10-6-5-7-11-23/h5-11,24-26H,3-4,12-22H2,1-2H3,(H,31,36)(H,32,37)/b9-8+/t24-,25+,26-/m1/s1. The minimum Gasteiger partial charge on any atom is -0.381 e. The lowest BCUT2D eigenvalue weighted by Gasteiger charge is -2.40. The fourth-order valence-corrected chi connectivity index (χ4v) is 6.07. The zero-order chi connectivity index (χ0) is 27.0. The van der Waals surface area contributed by atoms with Crippen molar-refractivity contribution in [1.29, 1.82) is 0 Å². The summed E-state index contributed by atoms with van der Waals surface area (Å²) in [6, 6.07) is 9.22. The van der Waals surface area contributed by atoms with Crippen molar-refractivity contribution >= 4 is 17.7 Å². The van der Waals surface area contributed by atoms with E-state index < -0.39 is 11.5 Å². The van der Waals surface area contributed by atoms with Crippen LogP contribution in [0.2, 0.25) is 0 Å². The lowest BCUT2D eigenvalue weighted by atomic mass is 9.75. The molecule has 1 spiro atoms. The van der Waals surface area contributed by atoms with E-state index in [0.29, 0.717) is 45.4 Å². The molecule has 1 aromatic carbocycles. The highest BCUT2D eigenvalue weighted by molar-refractivity contribution is 5.90. The predicted octanol–water partition coefficient (Wildman–Crippen LogP) is 2.54. The number of nitrogens with one attached hydrogen (secondary N) is 2. The van der Waals surface area contributed by atoms with Gasteiger partial charge in [0.05, 0.1) is 12.0 Å². The summed E-state index contributed by atoms with van der Waals surface area (Å²) in [5, 5.41) is 6.45. The third kappa shape index (κ3) is 7.03. The van der Waals surface area contributed by atoms with Crippen LogP contribution in [0.25, 0.3) is 0 Å². The summed E-state index contributed by atoms with van der Waals surface area (Å²) in [5.41, 5.74) is 0.458. The van der Waals surface area contributed by atoms with Crippen molar-refractivity contribution in [3.63, 3.8) is 0 Å². The van der Waals surface area contributed by atoms with Crippen LogP contribution >= 0.6 is 0 Å². The summed E-state index contributed by atoms with van der Waals surface area (Å²) in [6.45, 7) is 8.50. The van der Waals surface area contributed by atoms with Gasteiger partial charge >= 0.3 is 0 Å². The maximum atomic E-state index is 13.7. The molecule has 0 saturated carbocycles. The van der Waals surface area contributed by atoms with E-state index in [-0.39, 0.29) is 29.7 Å². The van der Waals surface area contributed by atoms with E-state index in [0.717, 1.165) is 44.6 Å². The number of carbonyl (C=O) groups is 3. The number of benzene rings is 1. The van der Waals surface area contributed by atoms with Crippen LogP contribution in [-0.4, -0.2) is 85.5 Å². The molecule has 0 aromatic heterocycles. The second-order valence-electron chi connectivity index (χ2n) is 11.0. The molecule has 38 heavy (non-hydrogen) atoms. The third-order valence-electron chi connectivity index (χ3n) is 8.57. The first-order valence-electron chi connectivity index (χ1n) is 14.3. The summed E-state index contributed by atoms with van der Waals surface area (Å²) in [6.07, 6.45) is 8.30. The number of likely N-dealkylation sites (tertiary alicyclic amines) is 1. The molecule has 2 fully saturated rings. The van der Waals surface area contributed by atoms with Gasteiger partial charge in [-0.2, -0.15) is 0 Å². The van der Waals surface area contributed by atoms with E-state index in [4.69, 9.17) is 4.74 Å². The smallest absolute Gasteiger partial charge is 0.243 e. The molecular formula is C30H44N4O4. The molecule has 3 amide bonds. The van der Waals surface area contributed by atoms with E-state index in [9.17, 15) is 14.4 Å². The van der Waals surface area contributed by atoms with E-state index in [1.165, 1.54) is 0 Å². The number of amides is 3. The number of nitrogens with zero attached hydrogens (tertiary/aromatic N) is 2. The Morgan fingerprint density at radius 2 is 1.82 bits per heavy atom. The highest BCUT2D eigenvalue weighted by atomic mass is 16.5. The van der Waals surface area contributed by atoms with Crippen molar-refractivity contribution in [3.8, 4) is 0 Å². The SMILES string of the molecule is CCN(CC)C(=O)CN1CC[C@@H]2NC(=O)[C@@H](Cc3ccccc3)NC(=O)C3(C/C=C/C[C@@H]2C1)CCOCC3. The number of likely N-dealkylation sites (N-methyl/N-ethyl adjacent to an activating group) is 1. The first-order valence-corrected chi connectivity index (χ1v) is 14.3. The van der Waals surface area contributed by atoms with Gasteiger partial charge in [0.2, 0.25) is 17.7 Å². The van der Waals surface area contributed by atoms with Gasteiger partial charge in [0.15, 0.2) is 0 Å². The summed E-state index contributed by atoms with van der Waals surface area (Å²) < 4.78 is 5.59. The first-order chi connectivity index (χ1) is 18.4. The molecule has 3 atom stereocenters. The lowest BCUT2D eigenvalue weighted by Crippen LogP contribution is -2.58. The van der Waals surface area contributed by atoms with Gasteiger partial charge in [-0.1, -0.05) is 42.5 Å². The van der Waals surface area contributed by atoms with Crippen molar-refractivity contribution in [2.45, 2.75) is 64.5 Å². The van der Waals surface area contributed by atoms with Crippen LogP contribution in [0.4, 0.5) is 0 Å². The summed E-state index contributed by atoms with van der Waals surface area (Å²) >= 11 is 0. The Balaban J connectivity index is 1.54. The molecule has 0 radical (unpaired) electrons. The van der Waals surface area contributed by atoms with Crippen molar-refractivity contribution in [2.24, 2.45) is 11.3 Å². The fourth-order valence-electron chi connectivity index (χ4n) is 6.07. The molecule has 1 aromatic rings. The largest absolute Gasteiger partial charge is 0.381 e. The molecule has 3 heterocycles. The van der Waals surface area contributed by atoms with Crippen LogP contribution in [-0.2, 0) is 25.5 Å². The van der Waals surface area contributed by atoms with Gasteiger partial charge in [-0.3, -0.25) is 19.3 Å². The van der Waals surface area contributed by atoms with Gasteiger partial charge in [-0.05, 0) is 57.4 Å². The van der Waals surface area contributed by atoms with Gasteiger partial charge < -0.3 is 20.3 Å². The predicted molar refractivity (Wildman–Crippen MR) is 147 cm³/mol. The van der Waals surface area contributed by atoms with Crippen molar-refractivity contribution < 1.29 is 19.1 Å². The number of fused-ring (bicyclic) bond motifs is 1. The van der Waals surface area contributed by atoms with Gasteiger partial charge in [0.1, 0.15) is 6.04 Å². The second-order valence-corrected chi connectivity index (χ2v) is 11.0. The number of ether oxygens (including phenoxy) is 1. The topological polar surface area (TPSA) is 91.0 Å². The summed E-state index contributed by atoms with van der Waals surface area (Å²) in [5.74, 6) is 0.180. The molecule has 0 aliphatic carbocycles. The minimum atomic E-state index is -0.643. The van der Waals surface area contributed by atoms with Crippen molar-refractivity contribution in [2.75, 3.05) is 45.9 Å². The molecule has 3 aliphatic rings. The van der Waals surface area contributed by atoms with Crippen molar-refractivity contribution in [1.82, 2.24) is 20.4 Å². The fraction of sp³-hybridized carbons (Fsp3) is 0.633. The Bertz CT molecular complexity index is 972.